The van der Waals surface area contributed by atoms with E-state index in [9.17, 15) is 8.42 Å². The Balaban J connectivity index is 2.92. The lowest BCUT2D eigenvalue weighted by Gasteiger charge is -1.91. The van der Waals surface area contributed by atoms with Gasteiger partial charge < -0.3 is 4.74 Å². The van der Waals surface area contributed by atoms with Gasteiger partial charge >= 0.3 is 0 Å². The first kappa shape index (κ1) is 9.66. The summed E-state index contributed by atoms with van der Waals surface area (Å²) in [5.41, 5.74) is 0.825. The van der Waals surface area contributed by atoms with Gasteiger partial charge in [-0.05, 0) is 17.0 Å². The van der Waals surface area contributed by atoms with Crippen LogP contribution >= 0.6 is 11.3 Å². The Morgan fingerprint density at radius 2 is 2.33 bits per heavy atom. The molecule has 4 nitrogen and oxygen atoms in total. The molecule has 0 radical (unpaired) electrons. The number of hydrogen-bond donors (Lipinski definition) is 1. The second kappa shape index (κ2) is 3.53. The summed E-state index contributed by atoms with van der Waals surface area (Å²) in [5, 5.41) is 6.62. The molecule has 0 saturated heterocycles. The van der Waals surface area contributed by atoms with E-state index >= 15 is 0 Å². The van der Waals surface area contributed by atoms with Gasteiger partial charge in [-0.2, -0.15) is 0 Å². The molecular weight excluding hydrogens is 198 g/mol. The van der Waals surface area contributed by atoms with E-state index in [0.717, 1.165) is 16.9 Å². The molecule has 0 unspecified atom stereocenters. The number of ether oxygens (including phenoxy) is 1. The van der Waals surface area contributed by atoms with E-state index in [2.05, 4.69) is 0 Å². The molecule has 1 heterocycles. The summed E-state index contributed by atoms with van der Waals surface area (Å²) < 4.78 is 26.6. The number of sulfonamides is 1. The Bertz CT molecular complexity index is 355. The second-order valence-corrected chi connectivity index (χ2v) is 4.95. The van der Waals surface area contributed by atoms with Gasteiger partial charge in [-0.25, -0.2) is 13.6 Å². The van der Waals surface area contributed by atoms with Crippen LogP contribution in [0.25, 0.3) is 0 Å². The average molecular weight is 207 g/mol. The number of primary sulfonamides is 1. The minimum Gasteiger partial charge on any atom is -0.380 e. The Morgan fingerprint density at radius 3 is 2.75 bits per heavy atom. The number of nitrogens with two attached hydrogens (primary N) is 1. The number of rotatable bonds is 3. The van der Waals surface area contributed by atoms with E-state index in [-0.39, 0.29) is 4.21 Å². The van der Waals surface area contributed by atoms with Crippen molar-refractivity contribution in [2.75, 3.05) is 7.11 Å². The van der Waals surface area contributed by atoms with Crippen molar-refractivity contribution < 1.29 is 13.2 Å². The normalized spacial score (nSPS) is 11.8. The lowest BCUT2D eigenvalue weighted by molar-refractivity contribution is 0.185. The molecule has 6 heteroatoms. The number of methoxy groups -OCH3 is 1. The lowest BCUT2D eigenvalue weighted by atomic mass is 10.4. The lowest BCUT2D eigenvalue weighted by Crippen LogP contribution is -2.10. The molecule has 2 N–H and O–H groups in total. The van der Waals surface area contributed by atoms with Gasteiger partial charge in [-0.1, -0.05) is 0 Å². The number of hydrogen-bond acceptors (Lipinski definition) is 4. The summed E-state index contributed by atoms with van der Waals surface area (Å²) in [6, 6.07) is 1.52. The molecule has 0 aliphatic carbocycles. The summed E-state index contributed by atoms with van der Waals surface area (Å²) in [6.07, 6.45) is 0. The van der Waals surface area contributed by atoms with E-state index in [1.807, 2.05) is 0 Å². The maximum Gasteiger partial charge on any atom is 0.247 e. The first-order valence-electron chi connectivity index (χ1n) is 3.13. The smallest absolute Gasteiger partial charge is 0.247 e. The average Bonchev–Trinajstić information content (AvgIpc) is 2.35. The molecule has 0 spiro atoms. The molecule has 0 fully saturated rings. The molecule has 0 aliphatic heterocycles. The van der Waals surface area contributed by atoms with Crippen LogP contribution < -0.4 is 5.14 Å². The van der Waals surface area contributed by atoms with Crippen molar-refractivity contribution in [2.24, 2.45) is 5.14 Å². The van der Waals surface area contributed by atoms with Gasteiger partial charge in [0, 0.05) is 7.11 Å². The Labute approximate surface area is 75.0 Å². The highest BCUT2D eigenvalue weighted by molar-refractivity contribution is 7.91. The zero-order chi connectivity index (χ0) is 9.19. The third kappa shape index (κ3) is 2.28. The van der Waals surface area contributed by atoms with Crippen molar-refractivity contribution in [1.82, 2.24) is 0 Å². The monoisotopic (exact) mass is 207 g/mol. The van der Waals surface area contributed by atoms with Crippen molar-refractivity contribution >= 4 is 21.4 Å². The van der Waals surface area contributed by atoms with Crippen LogP contribution in [0.4, 0.5) is 0 Å². The molecule has 0 amide bonds. The Kier molecular flexibility index (Phi) is 2.84. The van der Waals surface area contributed by atoms with Crippen LogP contribution in [0.5, 0.6) is 0 Å². The van der Waals surface area contributed by atoms with Gasteiger partial charge in [0.2, 0.25) is 10.0 Å². The fourth-order valence-electron chi connectivity index (χ4n) is 0.745. The van der Waals surface area contributed by atoms with Crippen LogP contribution in [0.15, 0.2) is 15.7 Å². The molecule has 1 aromatic heterocycles. The Morgan fingerprint density at radius 1 is 1.67 bits per heavy atom. The topological polar surface area (TPSA) is 69.4 Å². The largest absolute Gasteiger partial charge is 0.380 e. The summed E-state index contributed by atoms with van der Waals surface area (Å²) in [6.45, 7) is 0.409. The first-order chi connectivity index (χ1) is 5.54. The molecule has 0 saturated carbocycles. The molecule has 1 aromatic rings. The van der Waals surface area contributed by atoms with Crippen molar-refractivity contribution in [3.63, 3.8) is 0 Å². The second-order valence-electron chi connectivity index (χ2n) is 2.25. The van der Waals surface area contributed by atoms with E-state index in [1.54, 1.807) is 12.5 Å². The van der Waals surface area contributed by atoms with Crippen molar-refractivity contribution in [3.8, 4) is 0 Å². The van der Waals surface area contributed by atoms with Crippen LogP contribution in [0.1, 0.15) is 5.56 Å². The highest BCUT2D eigenvalue weighted by atomic mass is 32.2. The molecule has 0 atom stereocenters. The van der Waals surface area contributed by atoms with Gasteiger partial charge in [-0.15, -0.1) is 11.3 Å². The van der Waals surface area contributed by atoms with Crippen molar-refractivity contribution in [3.05, 3.63) is 17.0 Å². The summed E-state index contributed by atoms with van der Waals surface area (Å²) in [5.74, 6) is 0. The quantitative estimate of drug-likeness (QED) is 0.786. The highest BCUT2D eigenvalue weighted by Crippen LogP contribution is 2.18. The number of thiophene rings is 1. The minimum atomic E-state index is -3.54. The molecule has 1 rings (SSSR count). The zero-order valence-corrected chi connectivity index (χ0v) is 8.11. The minimum absolute atomic E-state index is 0.176. The SMILES string of the molecule is COCc1csc(S(N)(=O)=O)c1. The molecule has 68 valence electrons. The predicted octanol–water partition coefficient (Wildman–Crippen LogP) is 0.542. The van der Waals surface area contributed by atoms with Gasteiger partial charge in [0.05, 0.1) is 6.61 Å². The highest BCUT2D eigenvalue weighted by Gasteiger charge is 2.10. The standard InChI is InChI=1S/C6H9NO3S2/c1-10-3-5-2-6(11-4-5)12(7,8)9/h2,4H,3H2,1H3,(H2,7,8,9). The van der Waals surface area contributed by atoms with Crippen LogP contribution in [-0.2, 0) is 21.4 Å². The predicted molar refractivity (Wildman–Crippen MR) is 46.4 cm³/mol. The third-order valence-corrected chi connectivity index (χ3v) is 3.66. The van der Waals surface area contributed by atoms with Crippen molar-refractivity contribution in [1.29, 1.82) is 0 Å². The zero-order valence-electron chi connectivity index (χ0n) is 6.48. The molecule has 12 heavy (non-hydrogen) atoms. The van der Waals surface area contributed by atoms with Crippen molar-refractivity contribution in [2.45, 2.75) is 10.8 Å². The van der Waals surface area contributed by atoms with Crippen LogP contribution in [0.2, 0.25) is 0 Å². The summed E-state index contributed by atoms with van der Waals surface area (Å²) in [7, 11) is -1.99. The van der Waals surface area contributed by atoms with E-state index in [0.29, 0.717) is 6.61 Å². The maximum absolute atomic E-state index is 10.8. The molecular formula is C6H9NO3S2. The third-order valence-electron chi connectivity index (χ3n) is 1.22. The molecule has 0 bridgehead atoms. The Hall–Kier alpha value is -0.430. The van der Waals surface area contributed by atoms with Gasteiger partial charge in [-0.3, -0.25) is 0 Å². The van der Waals surface area contributed by atoms with E-state index < -0.39 is 10.0 Å². The fraction of sp³-hybridized carbons (Fsp3) is 0.333. The van der Waals surface area contributed by atoms with Crippen LogP contribution in [0, 0.1) is 0 Å². The molecule has 0 aromatic carbocycles. The first-order valence-corrected chi connectivity index (χ1v) is 5.56. The maximum atomic E-state index is 10.8. The summed E-state index contributed by atoms with van der Waals surface area (Å²) >= 11 is 1.10. The van der Waals surface area contributed by atoms with Crippen LogP contribution in [-0.4, -0.2) is 15.5 Å². The van der Waals surface area contributed by atoms with E-state index in [1.165, 1.54) is 6.07 Å². The van der Waals surface area contributed by atoms with Gasteiger partial charge in [0.15, 0.2) is 0 Å². The van der Waals surface area contributed by atoms with Crippen LogP contribution in [0.3, 0.4) is 0 Å². The van der Waals surface area contributed by atoms with Gasteiger partial charge in [0.1, 0.15) is 4.21 Å². The summed E-state index contributed by atoms with van der Waals surface area (Å²) in [4.78, 5) is 0. The molecule has 0 aliphatic rings. The van der Waals surface area contributed by atoms with Gasteiger partial charge in [0.25, 0.3) is 0 Å². The van der Waals surface area contributed by atoms with E-state index in [4.69, 9.17) is 9.88 Å². The fourth-order valence-corrected chi connectivity index (χ4v) is 2.36.